The third-order valence-electron chi connectivity index (χ3n) is 4.42. The molecular formula is C15H28N2O3. The third kappa shape index (κ3) is 2.93. The van der Waals surface area contributed by atoms with E-state index in [2.05, 4.69) is 0 Å². The Morgan fingerprint density at radius 2 is 2.15 bits per heavy atom. The summed E-state index contributed by atoms with van der Waals surface area (Å²) in [4.78, 5) is 14.0. The van der Waals surface area contributed by atoms with Crippen LogP contribution in [-0.2, 0) is 9.47 Å². The standard InChI is InChI=1S/C15H28N2O3/c1-5-19-12-9-11(16)15(12)7-6-8-17(10-15)13(18)20-14(2,3)4/h11-12H,5-10,16H2,1-4H3/t11-,12-,15-/m1/s1. The number of carbonyl (C=O) groups is 1. The maximum atomic E-state index is 12.2. The summed E-state index contributed by atoms with van der Waals surface area (Å²) >= 11 is 0. The predicted molar refractivity (Wildman–Crippen MR) is 77.5 cm³/mol. The quantitative estimate of drug-likeness (QED) is 0.843. The Hall–Kier alpha value is -0.810. The number of rotatable bonds is 2. The summed E-state index contributed by atoms with van der Waals surface area (Å²) in [6.45, 7) is 9.79. The maximum absolute atomic E-state index is 12.2. The summed E-state index contributed by atoms with van der Waals surface area (Å²) in [5.41, 5.74) is 5.72. The summed E-state index contributed by atoms with van der Waals surface area (Å²) in [5.74, 6) is 0. The summed E-state index contributed by atoms with van der Waals surface area (Å²) in [5, 5.41) is 0. The van der Waals surface area contributed by atoms with E-state index in [1.54, 1.807) is 4.90 Å². The smallest absolute Gasteiger partial charge is 0.410 e. The fourth-order valence-corrected chi connectivity index (χ4v) is 3.37. The first-order chi connectivity index (χ1) is 9.28. The molecule has 2 aliphatic rings. The fraction of sp³-hybridized carbons (Fsp3) is 0.933. The topological polar surface area (TPSA) is 64.8 Å². The highest BCUT2D eigenvalue weighted by Gasteiger charge is 2.56. The Kier molecular flexibility index (Phi) is 4.30. The number of carbonyl (C=O) groups excluding carboxylic acids is 1. The zero-order chi connectivity index (χ0) is 15.0. The van der Waals surface area contributed by atoms with Gasteiger partial charge in [0.25, 0.3) is 0 Å². The number of hydrogen-bond acceptors (Lipinski definition) is 4. The van der Waals surface area contributed by atoms with Crippen molar-refractivity contribution in [1.29, 1.82) is 0 Å². The number of nitrogens with zero attached hydrogens (tertiary/aromatic N) is 1. The van der Waals surface area contributed by atoms with E-state index in [9.17, 15) is 4.79 Å². The molecule has 1 aliphatic heterocycles. The van der Waals surface area contributed by atoms with E-state index in [1.165, 1.54) is 0 Å². The van der Waals surface area contributed by atoms with E-state index in [0.29, 0.717) is 13.2 Å². The van der Waals surface area contributed by atoms with Crippen LogP contribution in [0, 0.1) is 5.41 Å². The van der Waals surface area contributed by atoms with Crippen LogP contribution < -0.4 is 5.73 Å². The average molecular weight is 284 g/mol. The summed E-state index contributed by atoms with van der Waals surface area (Å²) < 4.78 is 11.3. The highest BCUT2D eigenvalue weighted by Crippen LogP contribution is 2.48. The molecule has 2 N–H and O–H groups in total. The third-order valence-corrected chi connectivity index (χ3v) is 4.42. The summed E-state index contributed by atoms with van der Waals surface area (Å²) in [6.07, 6.45) is 2.86. The molecule has 1 saturated carbocycles. The van der Waals surface area contributed by atoms with Crippen molar-refractivity contribution in [3.8, 4) is 0 Å². The predicted octanol–water partition coefficient (Wildman–Crippen LogP) is 2.14. The van der Waals surface area contributed by atoms with Gasteiger partial charge < -0.3 is 20.1 Å². The molecule has 0 radical (unpaired) electrons. The zero-order valence-electron chi connectivity index (χ0n) is 13.1. The number of hydrogen-bond donors (Lipinski definition) is 1. The minimum atomic E-state index is -0.456. The van der Waals surface area contributed by atoms with Crippen molar-refractivity contribution in [2.45, 2.75) is 64.7 Å². The van der Waals surface area contributed by atoms with Crippen molar-refractivity contribution in [3.63, 3.8) is 0 Å². The SMILES string of the molecule is CCO[C@@H]1C[C@@H](N)[C@]12CCCN(C(=O)OC(C)(C)C)C2. The Bertz CT molecular complexity index is 365. The number of nitrogens with two attached hydrogens (primary N) is 1. The molecule has 1 saturated heterocycles. The normalized spacial score (nSPS) is 34.0. The zero-order valence-corrected chi connectivity index (χ0v) is 13.1. The van der Waals surface area contributed by atoms with Crippen LogP contribution in [0.25, 0.3) is 0 Å². The lowest BCUT2D eigenvalue weighted by Crippen LogP contribution is -2.68. The van der Waals surface area contributed by atoms with Gasteiger partial charge in [-0.25, -0.2) is 4.79 Å². The van der Waals surface area contributed by atoms with Crippen LogP contribution >= 0.6 is 0 Å². The second-order valence-electron chi connectivity index (χ2n) is 7.02. The van der Waals surface area contributed by atoms with Crippen molar-refractivity contribution in [2.24, 2.45) is 11.1 Å². The Morgan fingerprint density at radius 1 is 1.45 bits per heavy atom. The van der Waals surface area contributed by atoms with Gasteiger partial charge in [-0.05, 0) is 47.0 Å². The molecule has 0 unspecified atom stereocenters. The molecule has 0 aromatic carbocycles. The molecule has 5 heteroatoms. The average Bonchev–Trinajstić information content (AvgIpc) is 2.37. The number of likely N-dealkylation sites (tertiary alicyclic amines) is 1. The molecule has 2 fully saturated rings. The maximum Gasteiger partial charge on any atom is 0.410 e. The molecule has 116 valence electrons. The Balaban J connectivity index is 2.02. The minimum absolute atomic E-state index is 0.0643. The highest BCUT2D eigenvalue weighted by atomic mass is 16.6. The number of ether oxygens (including phenoxy) is 2. The minimum Gasteiger partial charge on any atom is -0.444 e. The number of amides is 1. The van der Waals surface area contributed by atoms with E-state index >= 15 is 0 Å². The molecule has 0 aromatic heterocycles. The van der Waals surface area contributed by atoms with Gasteiger partial charge >= 0.3 is 6.09 Å². The van der Waals surface area contributed by atoms with E-state index in [-0.39, 0.29) is 23.7 Å². The van der Waals surface area contributed by atoms with Gasteiger partial charge in [-0.3, -0.25) is 0 Å². The summed E-state index contributed by atoms with van der Waals surface area (Å²) in [7, 11) is 0. The highest BCUT2D eigenvalue weighted by molar-refractivity contribution is 5.68. The lowest BCUT2D eigenvalue weighted by molar-refractivity contribution is -0.149. The second kappa shape index (κ2) is 5.53. The Morgan fingerprint density at radius 3 is 2.70 bits per heavy atom. The van der Waals surface area contributed by atoms with Crippen LogP contribution in [0.3, 0.4) is 0 Å². The van der Waals surface area contributed by atoms with Crippen molar-refractivity contribution in [3.05, 3.63) is 0 Å². The van der Waals surface area contributed by atoms with Gasteiger partial charge in [0.1, 0.15) is 5.60 Å². The molecule has 5 nitrogen and oxygen atoms in total. The van der Waals surface area contributed by atoms with Gasteiger partial charge in [0.2, 0.25) is 0 Å². The van der Waals surface area contributed by atoms with Crippen LogP contribution in [0.2, 0.25) is 0 Å². The summed E-state index contributed by atoms with van der Waals surface area (Å²) in [6, 6.07) is 0.129. The van der Waals surface area contributed by atoms with Crippen LogP contribution in [-0.4, -0.2) is 48.4 Å². The molecule has 3 atom stereocenters. The molecule has 0 bridgehead atoms. The number of piperidine rings is 1. The van der Waals surface area contributed by atoms with Gasteiger partial charge in [-0.1, -0.05) is 0 Å². The molecule has 1 spiro atoms. The lowest BCUT2D eigenvalue weighted by atomic mass is 9.58. The van der Waals surface area contributed by atoms with Crippen molar-refractivity contribution in [2.75, 3.05) is 19.7 Å². The molecule has 1 heterocycles. The van der Waals surface area contributed by atoms with Gasteiger partial charge in [-0.2, -0.15) is 0 Å². The van der Waals surface area contributed by atoms with Gasteiger partial charge in [0, 0.05) is 31.2 Å². The van der Waals surface area contributed by atoms with E-state index in [0.717, 1.165) is 25.8 Å². The van der Waals surface area contributed by atoms with Crippen LogP contribution in [0.5, 0.6) is 0 Å². The van der Waals surface area contributed by atoms with Crippen molar-refractivity contribution >= 4 is 6.09 Å². The van der Waals surface area contributed by atoms with E-state index in [1.807, 2.05) is 27.7 Å². The fourth-order valence-electron chi connectivity index (χ4n) is 3.37. The van der Waals surface area contributed by atoms with Crippen molar-refractivity contribution < 1.29 is 14.3 Å². The molecule has 1 aliphatic carbocycles. The lowest BCUT2D eigenvalue weighted by Gasteiger charge is -2.57. The monoisotopic (exact) mass is 284 g/mol. The first-order valence-electron chi connectivity index (χ1n) is 7.63. The van der Waals surface area contributed by atoms with Crippen LogP contribution in [0.15, 0.2) is 0 Å². The van der Waals surface area contributed by atoms with E-state index < -0.39 is 5.60 Å². The molecule has 2 rings (SSSR count). The Labute approximate surface area is 121 Å². The largest absolute Gasteiger partial charge is 0.444 e. The molecular weight excluding hydrogens is 256 g/mol. The second-order valence-corrected chi connectivity index (χ2v) is 7.02. The van der Waals surface area contributed by atoms with Gasteiger partial charge in [-0.15, -0.1) is 0 Å². The van der Waals surface area contributed by atoms with Crippen LogP contribution in [0.4, 0.5) is 4.79 Å². The van der Waals surface area contributed by atoms with Gasteiger partial charge in [0.05, 0.1) is 6.10 Å². The molecule has 20 heavy (non-hydrogen) atoms. The molecule has 0 aromatic rings. The van der Waals surface area contributed by atoms with Gasteiger partial charge in [0.15, 0.2) is 0 Å². The van der Waals surface area contributed by atoms with Crippen LogP contribution in [0.1, 0.15) is 47.0 Å². The molecule has 1 amide bonds. The van der Waals surface area contributed by atoms with Crippen molar-refractivity contribution in [1.82, 2.24) is 4.90 Å². The first kappa shape index (κ1) is 15.6. The first-order valence-corrected chi connectivity index (χ1v) is 7.63. The van der Waals surface area contributed by atoms with E-state index in [4.69, 9.17) is 15.2 Å².